The first-order valence-corrected chi connectivity index (χ1v) is 4.05. The van der Waals surface area contributed by atoms with Crippen molar-refractivity contribution < 1.29 is 10.0 Å². The first-order chi connectivity index (χ1) is 6.13. The molecule has 4 nitrogen and oxygen atoms in total. The summed E-state index contributed by atoms with van der Waals surface area (Å²) in [4.78, 5) is 9.44. The number of para-hydroxylation sites is 2. The highest BCUT2D eigenvalue weighted by Crippen LogP contribution is 2.23. The fourth-order valence-electron chi connectivity index (χ4n) is 0.619. The highest BCUT2D eigenvalue weighted by molar-refractivity contribution is 5.44. The number of nitrogens with zero attached hydrogens (tertiary/aromatic N) is 1. The van der Waals surface area contributed by atoms with Gasteiger partial charge in [0.05, 0.1) is 4.92 Å². The van der Waals surface area contributed by atoms with Gasteiger partial charge < -0.3 is 5.11 Å². The Morgan fingerprint density at radius 1 is 1.38 bits per heavy atom. The normalized spacial score (nSPS) is 8.46. The third-order valence-electron chi connectivity index (χ3n) is 1.08. The second-order valence-electron chi connectivity index (χ2n) is 2.45. The Morgan fingerprint density at radius 3 is 2.15 bits per heavy atom. The van der Waals surface area contributed by atoms with Crippen molar-refractivity contribution in [2.75, 3.05) is 0 Å². The minimum absolute atomic E-state index is 0.262. The Bertz CT molecular complexity index is 273. The summed E-state index contributed by atoms with van der Waals surface area (Å²) in [5.74, 6) is -0.299. The molecule has 0 atom stereocenters. The molecule has 0 aliphatic rings. The molecule has 1 N–H and O–H groups in total. The molecule has 0 radical (unpaired) electrons. The average Bonchev–Trinajstić information content (AvgIpc) is 2.06. The summed E-state index contributed by atoms with van der Waals surface area (Å²) in [5.41, 5.74) is -0.262. The van der Waals surface area contributed by atoms with Crippen LogP contribution in [0.2, 0.25) is 0 Å². The first-order valence-electron chi connectivity index (χ1n) is 4.05. The number of benzene rings is 1. The van der Waals surface area contributed by atoms with E-state index in [1.807, 2.05) is 0 Å². The zero-order chi connectivity index (χ0) is 10.3. The molecule has 0 unspecified atom stereocenters. The van der Waals surface area contributed by atoms with Gasteiger partial charge in [-0.3, -0.25) is 10.1 Å². The SMILES string of the molecule is CCC.O=[N+]([O-])c1ccccc1O. The third-order valence-corrected chi connectivity index (χ3v) is 1.08. The van der Waals surface area contributed by atoms with Crippen LogP contribution in [0, 0.1) is 10.1 Å². The van der Waals surface area contributed by atoms with E-state index < -0.39 is 4.92 Å². The lowest BCUT2D eigenvalue weighted by Gasteiger charge is -1.91. The van der Waals surface area contributed by atoms with E-state index >= 15 is 0 Å². The number of nitro groups is 1. The maximum Gasteiger partial charge on any atom is 0.310 e. The number of rotatable bonds is 1. The average molecular weight is 183 g/mol. The van der Waals surface area contributed by atoms with Crippen LogP contribution in [0.5, 0.6) is 5.75 Å². The molecule has 0 amide bonds. The van der Waals surface area contributed by atoms with Crippen molar-refractivity contribution in [1.29, 1.82) is 0 Å². The van der Waals surface area contributed by atoms with Crippen LogP contribution in [-0.4, -0.2) is 10.0 Å². The zero-order valence-corrected chi connectivity index (χ0v) is 7.73. The van der Waals surface area contributed by atoms with E-state index in [-0.39, 0.29) is 11.4 Å². The monoisotopic (exact) mass is 183 g/mol. The van der Waals surface area contributed by atoms with E-state index in [9.17, 15) is 10.1 Å². The van der Waals surface area contributed by atoms with Crippen molar-refractivity contribution in [1.82, 2.24) is 0 Å². The molecule has 0 aromatic heterocycles. The van der Waals surface area contributed by atoms with Gasteiger partial charge in [0, 0.05) is 6.07 Å². The van der Waals surface area contributed by atoms with Crippen LogP contribution < -0.4 is 0 Å². The molecular formula is C9H13NO3. The van der Waals surface area contributed by atoms with Crippen LogP contribution in [0.4, 0.5) is 5.69 Å². The van der Waals surface area contributed by atoms with Crippen LogP contribution in [-0.2, 0) is 0 Å². The van der Waals surface area contributed by atoms with Crippen molar-refractivity contribution in [2.45, 2.75) is 20.3 Å². The molecule has 0 bridgehead atoms. The van der Waals surface area contributed by atoms with Gasteiger partial charge in [-0.2, -0.15) is 0 Å². The predicted octanol–water partition coefficient (Wildman–Crippen LogP) is 2.72. The summed E-state index contributed by atoms with van der Waals surface area (Å²) in [5, 5.41) is 18.9. The van der Waals surface area contributed by atoms with Gasteiger partial charge in [0.15, 0.2) is 5.75 Å². The fourth-order valence-corrected chi connectivity index (χ4v) is 0.619. The molecule has 4 heteroatoms. The maximum atomic E-state index is 10.1. The molecular weight excluding hydrogens is 170 g/mol. The number of phenolic OH excluding ortho intramolecular Hbond substituents is 1. The summed E-state index contributed by atoms with van der Waals surface area (Å²) in [6, 6.07) is 5.55. The Morgan fingerprint density at radius 2 is 1.85 bits per heavy atom. The van der Waals surface area contributed by atoms with Crippen molar-refractivity contribution in [3.05, 3.63) is 34.4 Å². The number of nitro benzene ring substituents is 1. The summed E-state index contributed by atoms with van der Waals surface area (Å²) < 4.78 is 0. The van der Waals surface area contributed by atoms with Crippen molar-refractivity contribution in [2.24, 2.45) is 0 Å². The topological polar surface area (TPSA) is 63.4 Å². The van der Waals surface area contributed by atoms with Crippen molar-refractivity contribution in [3.63, 3.8) is 0 Å². The van der Waals surface area contributed by atoms with Gasteiger partial charge in [-0.05, 0) is 6.07 Å². The summed E-state index contributed by atoms with van der Waals surface area (Å²) in [6.07, 6.45) is 1.25. The highest BCUT2D eigenvalue weighted by Gasteiger charge is 2.09. The Kier molecular flexibility index (Phi) is 5.27. The molecule has 0 saturated carbocycles. The summed E-state index contributed by atoms with van der Waals surface area (Å²) in [6.45, 7) is 4.25. The molecule has 1 aromatic rings. The minimum atomic E-state index is -0.630. The lowest BCUT2D eigenvalue weighted by atomic mass is 10.3. The largest absolute Gasteiger partial charge is 0.502 e. The lowest BCUT2D eigenvalue weighted by molar-refractivity contribution is -0.385. The first kappa shape index (κ1) is 11.4. The molecule has 0 fully saturated rings. The predicted molar refractivity (Wildman–Crippen MR) is 50.7 cm³/mol. The Labute approximate surface area is 77.0 Å². The van der Waals surface area contributed by atoms with Crippen LogP contribution in [0.1, 0.15) is 20.3 Å². The minimum Gasteiger partial charge on any atom is -0.502 e. The summed E-state index contributed by atoms with van der Waals surface area (Å²) in [7, 11) is 0. The van der Waals surface area contributed by atoms with Gasteiger partial charge in [-0.25, -0.2) is 0 Å². The zero-order valence-electron chi connectivity index (χ0n) is 7.73. The standard InChI is InChI=1S/C6H5NO3.C3H8/c8-6-4-2-1-3-5(6)7(9)10;1-3-2/h1-4,8H;3H2,1-2H3. The molecule has 0 aliphatic heterocycles. The molecule has 0 saturated heterocycles. The number of hydrogen-bond donors (Lipinski definition) is 1. The van der Waals surface area contributed by atoms with E-state index in [0.717, 1.165) is 0 Å². The smallest absolute Gasteiger partial charge is 0.310 e. The van der Waals surface area contributed by atoms with Crippen molar-refractivity contribution >= 4 is 5.69 Å². The van der Waals surface area contributed by atoms with Gasteiger partial charge >= 0.3 is 5.69 Å². The van der Waals surface area contributed by atoms with Gasteiger partial charge in [0.2, 0.25) is 0 Å². The highest BCUT2D eigenvalue weighted by atomic mass is 16.6. The molecule has 1 rings (SSSR count). The molecule has 1 aromatic carbocycles. The van der Waals surface area contributed by atoms with E-state index in [1.165, 1.54) is 30.7 Å². The van der Waals surface area contributed by atoms with Crippen LogP contribution in [0.3, 0.4) is 0 Å². The Balaban J connectivity index is 0.000000424. The van der Waals surface area contributed by atoms with E-state index in [2.05, 4.69) is 13.8 Å². The molecule has 13 heavy (non-hydrogen) atoms. The van der Waals surface area contributed by atoms with Crippen LogP contribution in [0.25, 0.3) is 0 Å². The number of aromatic hydroxyl groups is 1. The quantitative estimate of drug-likeness (QED) is 0.537. The lowest BCUT2D eigenvalue weighted by Crippen LogP contribution is -1.86. The molecule has 72 valence electrons. The van der Waals surface area contributed by atoms with Crippen LogP contribution in [0.15, 0.2) is 24.3 Å². The van der Waals surface area contributed by atoms with Gasteiger partial charge in [-0.1, -0.05) is 32.4 Å². The maximum absolute atomic E-state index is 10.1. The van der Waals surface area contributed by atoms with Gasteiger partial charge in [0.25, 0.3) is 0 Å². The van der Waals surface area contributed by atoms with E-state index in [1.54, 1.807) is 0 Å². The van der Waals surface area contributed by atoms with Crippen molar-refractivity contribution in [3.8, 4) is 5.75 Å². The van der Waals surface area contributed by atoms with E-state index in [4.69, 9.17) is 5.11 Å². The third kappa shape index (κ3) is 4.10. The van der Waals surface area contributed by atoms with E-state index in [0.29, 0.717) is 0 Å². The Hall–Kier alpha value is -1.58. The number of hydrogen-bond acceptors (Lipinski definition) is 3. The fraction of sp³-hybridized carbons (Fsp3) is 0.333. The van der Waals surface area contributed by atoms with Crippen LogP contribution >= 0.6 is 0 Å². The van der Waals surface area contributed by atoms with Gasteiger partial charge in [-0.15, -0.1) is 0 Å². The second kappa shape index (κ2) is 5.99. The second-order valence-corrected chi connectivity index (χ2v) is 2.45. The molecule has 0 heterocycles. The number of phenols is 1. The van der Waals surface area contributed by atoms with Gasteiger partial charge in [0.1, 0.15) is 0 Å². The molecule has 0 aliphatic carbocycles. The summed E-state index contributed by atoms with van der Waals surface area (Å²) >= 11 is 0. The molecule has 0 spiro atoms.